The van der Waals surface area contributed by atoms with E-state index in [4.69, 9.17) is 4.74 Å². The third-order valence-corrected chi connectivity index (χ3v) is 5.33. The van der Waals surface area contributed by atoms with Crippen molar-refractivity contribution >= 4 is 28.7 Å². The average molecular weight is 435 g/mol. The van der Waals surface area contributed by atoms with Crippen molar-refractivity contribution < 1.29 is 14.6 Å². The zero-order valence-corrected chi connectivity index (χ0v) is 17.4. The molecule has 0 atom stereocenters. The average Bonchev–Trinajstić information content (AvgIpc) is 3.37. The van der Waals surface area contributed by atoms with Crippen molar-refractivity contribution in [2.75, 3.05) is 7.11 Å². The number of ether oxygens (including phenoxy) is 1. The van der Waals surface area contributed by atoms with Gasteiger partial charge in [0.15, 0.2) is 5.69 Å². The molecule has 0 aliphatic carbocycles. The normalized spacial score (nSPS) is 11.2. The second-order valence-corrected chi connectivity index (χ2v) is 7.33. The molecule has 2 aromatic heterocycles. The van der Waals surface area contributed by atoms with E-state index in [1.165, 1.54) is 28.2 Å². The van der Waals surface area contributed by atoms with E-state index in [1.54, 1.807) is 26.2 Å². The van der Waals surface area contributed by atoms with Gasteiger partial charge in [0.25, 0.3) is 0 Å². The number of hydrogen-bond donors (Lipinski definition) is 2. The lowest BCUT2D eigenvalue weighted by Crippen LogP contribution is -2.13. The summed E-state index contributed by atoms with van der Waals surface area (Å²) in [7, 11) is 1.60. The number of aromatic amines is 1. The number of benzene rings is 2. The number of nitrogens with one attached hydrogen (secondary N) is 1. The molecule has 156 valence electrons. The number of thiazole rings is 1. The van der Waals surface area contributed by atoms with E-state index in [9.17, 15) is 14.7 Å². The predicted molar refractivity (Wildman–Crippen MR) is 116 cm³/mol. The first-order valence-corrected chi connectivity index (χ1v) is 10.0. The number of methoxy groups -OCH3 is 1. The number of azo groups is 1. The van der Waals surface area contributed by atoms with Crippen LogP contribution in [0.15, 0.2) is 68.9 Å². The summed E-state index contributed by atoms with van der Waals surface area (Å²) in [4.78, 5) is 28.7. The van der Waals surface area contributed by atoms with Crippen LogP contribution in [0.3, 0.4) is 0 Å². The second kappa shape index (κ2) is 8.36. The third-order valence-electron chi connectivity index (χ3n) is 4.50. The van der Waals surface area contributed by atoms with Gasteiger partial charge in [-0.1, -0.05) is 12.1 Å². The highest BCUT2D eigenvalue weighted by Gasteiger charge is 2.16. The van der Waals surface area contributed by atoms with Gasteiger partial charge in [0, 0.05) is 10.9 Å². The van der Waals surface area contributed by atoms with Gasteiger partial charge in [0.2, 0.25) is 5.13 Å². The first-order valence-electron chi connectivity index (χ1n) is 9.14. The van der Waals surface area contributed by atoms with Crippen LogP contribution < -0.4 is 10.3 Å². The summed E-state index contributed by atoms with van der Waals surface area (Å²) >= 11 is 1.30. The Morgan fingerprint density at radius 3 is 2.61 bits per heavy atom. The molecule has 0 bridgehead atoms. The zero-order valence-electron chi connectivity index (χ0n) is 16.6. The molecule has 0 spiro atoms. The third kappa shape index (κ3) is 4.01. The first kappa shape index (κ1) is 20.2. The number of carboxylic acid groups (broad SMARTS) is 1. The molecule has 2 aromatic carbocycles. The molecule has 9 nitrogen and oxygen atoms in total. The van der Waals surface area contributed by atoms with Gasteiger partial charge in [0.05, 0.1) is 24.1 Å². The molecule has 10 heteroatoms. The standard InChI is InChI=1S/C21H17N5O4S/c1-12-18(24-23-16-6-4-3-5-15(16)20(28)29)19(27)26(25-12)21-22-17(11-31-21)13-7-9-14(30-2)10-8-13/h3-11,25H,1-2H3,(H,28,29). The number of nitrogens with zero attached hydrogens (tertiary/aromatic N) is 4. The van der Waals surface area contributed by atoms with Crippen LogP contribution in [0.4, 0.5) is 11.4 Å². The van der Waals surface area contributed by atoms with Gasteiger partial charge in [-0.25, -0.2) is 9.78 Å². The topological polar surface area (TPSA) is 122 Å². The van der Waals surface area contributed by atoms with Crippen LogP contribution in [-0.4, -0.2) is 33.0 Å². The monoisotopic (exact) mass is 435 g/mol. The Labute approximate surface area is 180 Å². The lowest BCUT2D eigenvalue weighted by molar-refractivity contribution is 0.0697. The van der Waals surface area contributed by atoms with Gasteiger partial charge in [0.1, 0.15) is 11.4 Å². The van der Waals surface area contributed by atoms with Gasteiger partial charge >= 0.3 is 11.5 Å². The maximum Gasteiger partial charge on any atom is 0.337 e. The van der Waals surface area contributed by atoms with Crippen molar-refractivity contribution in [3.05, 3.63) is 75.5 Å². The van der Waals surface area contributed by atoms with Crippen LogP contribution in [0, 0.1) is 6.92 Å². The van der Waals surface area contributed by atoms with Crippen LogP contribution in [0.25, 0.3) is 16.4 Å². The quantitative estimate of drug-likeness (QED) is 0.424. The van der Waals surface area contributed by atoms with E-state index < -0.39 is 11.5 Å². The van der Waals surface area contributed by atoms with Crippen molar-refractivity contribution in [3.63, 3.8) is 0 Å². The summed E-state index contributed by atoms with van der Waals surface area (Å²) in [5, 5.41) is 22.5. The van der Waals surface area contributed by atoms with Crippen molar-refractivity contribution in [3.8, 4) is 22.1 Å². The molecule has 0 aliphatic rings. The van der Waals surface area contributed by atoms with E-state index >= 15 is 0 Å². The molecule has 0 radical (unpaired) electrons. The highest BCUT2D eigenvalue weighted by Crippen LogP contribution is 2.27. The van der Waals surface area contributed by atoms with Crippen molar-refractivity contribution in [1.29, 1.82) is 0 Å². The van der Waals surface area contributed by atoms with Gasteiger partial charge < -0.3 is 9.84 Å². The van der Waals surface area contributed by atoms with Crippen LogP contribution >= 0.6 is 11.3 Å². The number of aromatic nitrogens is 3. The summed E-state index contributed by atoms with van der Waals surface area (Å²) < 4.78 is 6.46. The Kier molecular flexibility index (Phi) is 5.46. The number of aromatic carboxylic acids is 1. The molecule has 0 amide bonds. The number of hydrogen-bond acceptors (Lipinski definition) is 7. The van der Waals surface area contributed by atoms with E-state index in [-0.39, 0.29) is 16.9 Å². The predicted octanol–water partition coefficient (Wildman–Crippen LogP) is 4.72. The van der Waals surface area contributed by atoms with E-state index in [2.05, 4.69) is 20.3 Å². The van der Waals surface area contributed by atoms with E-state index in [0.717, 1.165) is 17.0 Å². The largest absolute Gasteiger partial charge is 0.497 e. The van der Waals surface area contributed by atoms with E-state index in [1.807, 2.05) is 29.6 Å². The molecule has 2 N–H and O–H groups in total. The number of carbonyl (C=O) groups is 1. The smallest absolute Gasteiger partial charge is 0.337 e. The Balaban J connectivity index is 1.66. The fourth-order valence-corrected chi connectivity index (χ4v) is 3.69. The highest BCUT2D eigenvalue weighted by molar-refractivity contribution is 7.12. The summed E-state index contributed by atoms with van der Waals surface area (Å²) in [5.41, 5.74) is 1.93. The van der Waals surface area contributed by atoms with Crippen molar-refractivity contribution in [1.82, 2.24) is 14.8 Å². The first-order chi connectivity index (χ1) is 15.0. The van der Waals surface area contributed by atoms with Gasteiger partial charge in [-0.15, -0.1) is 21.6 Å². The Hall–Kier alpha value is -4.05. The summed E-state index contributed by atoms with van der Waals surface area (Å²) in [6.45, 7) is 1.69. The van der Waals surface area contributed by atoms with Crippen LogP contribution in [0.2, 0.25) is 0 Å². The molecule has 0 fully saturated rings. The molecule has 0 unspecified atom stereocenters. The minimum Gasteiger partial charge on any atom is -0.497 e. The molecule has 31 heavy (non-hydrogen) atoms. The zero-order chi connectivity index (χ0) is 22.0. The highest BCUT2D eigenvalue weighted by atomic mass is 32.1. The molecular formula is C21H17N5O4S. The summed E-state index contributed by atoms with van der Waals surface area (Å²) in [6, 6.07) is 13.7. The number of aryl methyl sites for hydroxylation is 1. The Morgan fingerprint density at radius 2 is 1.90 bits per heavy atom. The molecule has 4 rings (SSSR count). The van der Waals surface area contributed by atoms with Crippen molar-refractivity contribution in [2.24, 2.45) is 10.2 Å². The minimum atomic E-state index is -1.12. The minimum absolute atomic E-state index is 0.00354. The SMILES string of the molecule is COc1ccc(-c2csc(-n3[nH]c(C)c(N=Nc4ccccc4C(=O)O)c3=O)n2)cc1. The van der Waals surface area contributed by atoms with E-state index in [0.29, 0.717) is 10.8 Å². The van der Waals surface area contributed by atoms with Gasteiger partial charge in [-0.05, 0) is 43.3 Å². The van der Waals surface area contributed by atoms with Crippen LogP contribution in [0.5, 0.6) is 5.75 Å². The van der Waals surface area contributed by atoms with Gasteiger partial charge in [-0.3, -0.25) is 9.89 Å². The molecule has 2 heterocycles. The maximum absolute atomic E-state index is 12.9. The molecule has 0 saturated heterocycles. The van der Waals surface area contributed by atoms with Gasteiger partial charge in [-0.2, -0.15) is 4.68 Å². The molecular weight excluding hydrogens is 418 g/mol. The fraction of sp³-hybridized carbons (Fsp3) is 0.0952. The van der Waals surface area contributed by atoms with Crippen molar-refractivity contribution in [2.45, 2.75) is 6.92 Å². The number of rotatable bonds is 6. The fourth-order valence-electron chi connectivity index (χ4n) is 2.90. The lowest BCUT2D eigenvalue weighted by atomic mass is 10.2. The summed E-state index contributed by atoms with van der Waals surface area (Å²) in [5.74, 6) is -0.374. The van der Waals surface area contributed by atoms with Crippen LogP contribution in [-0.2, 0) is 0 Å². The molecule has 0 aliphatic heterocycles. The lowest BCUT2D eigenvalue weighted by Gasteiger charge is -2.00. The molecule has 4 aromatic rings. The maximum atomic E-state index is 12.9. The second-order valence-electron chi connectivity index (χ2n) is 6.49. The number of H-pyrrole nitrogens is 1. The van der Waals surface area contributed by atoms with Crippen LogP contribution in [0.1, 0.15) is 16.1 Å². The summed E-state index contributed by atoms with van der Waals surface area (Å²) in [6.07, 6.45) is 0. The molecule has 0 saturated carbocycles. The Bertz CT molecular complexity index is 1330. The Morgan fingerprint density at radius 1 is 1.16 bits per heavy atom. The number of carboxylic acids is 1.